The Balaban J connectivity index is 2.38. The number of aliphatic hydroxyl groups is 1. The van der Waals surface area contributed by atoms with Crippen LogP contribution in [-0.2, 0) is 0 Å². The summed E-state index contributed by atoms with van der Waals surface area (Å²) in [6.07, 6.45) is 0.953. The number of rotatable bonds is 3. The minimum atomic E-state index is -1.21. The molecule has 1 heterocycles. The van der Waals surface area contributed by atoms with Crippen LogP contribution in [0.25, 0.3) is 0 Å². The molecule has 1 aliphatic rings. The Morgan fingerprint density at radius 1 is 1.47 bits per heavy atom. The van der Waals surface area contributed by atoms with E-state index in [1.165, 1.54) is 12.1 Å². The lowest BCUT2D eigenvalue weighted by molar-refractivity contribution is -0.384. The molecule has 1 aliphatic heterocycles. The van der Waals surface area contributed by atoms with Gasteiger partial charge in [0.25, 0.3) is 5.69 Å². The number of nitrogens with zero attached hydrogens (tertiary/aromatic N) is 2. The molecule has 0 saturated carbocycles. The molecular weight excluding hydrogens is 252 g/mol. The highest BCUT2D eigenvalue weighted by atomic mass is 16.6. The Kier molecular flexibility index (Phi) is 3.66. The molecule has 0 radical (unpaired) electrons. The Morgan fingerprint density at radius 3 is 2.79 bits per heavy atom. The van der Waals surface area contributed by atoms with Gasteiger partial charge in [-0.3, -0.25) is 10.1 Å². The summed E-state index contributed by atoms with van der Waals surface area (Å²) in [4.78, 5) is 23.0. The highest BCUT2D eigenvalue weighted by molar-refractivity contribution is 5.95. The number of aromatic carboxylic acids is 1. The number of benzene rings is 1. The lowest BCUT2D eigenvalue weighted by Crippen LogP contribution is -2.39. The van der Waals surface area contributed by atoms with Crippen molar-refractivity contribution in [3.63, 3.8) is 0 Å². The van der Waals surface area contributed by atoms with E-state index in [2.05, 4.69) is 0 Å². The fourth-order valence-electron chi connectivity index (χ4n) is 2.26. The van der Waals surface area contributed by atoms with Gasteiger partial charge in [-0.1, -0.05) is 0 Å². The third-order valence-corrected chi connectivity index (χ3v) is 3.16. The number of hydrogen-bond acceptors (Lipinski definition) is 5. The molecule has 1 aromatic carbocycles. The fraction of sp³-hybridized carbons (Fsp3) is 0.417. The van der Waals surface area contributed by atoms with Gasteiger partial charge in [0.2, 0.25) is 0 Å². The normalized spacial score (nSPS) is 19.2. The number of non-ortho nitro benzene ring substituents is 1. The number of β-amino-alcohol motifs (C(OH)–C–C–N with tert-alkyl or cyclic N) is 1. The van der Waals surface area contributed by atoms with Crippen molar-refractivity contribution in [3.8, 4) is 0 Å². The van der Waals surface area contributed by atoms with Crippen LogP contribution in [0.15, 0.2) is 18.2 Å². The van der Waals surface area contributed by atoms with E-state index in [-0.39, 0.29) is 11.3 Å². The largest absolute Gasteiger partial charge is 0.478 e. The van der Waals surface area contributed by atoms with Gasteiger partial charge in [0.1, 0.15) is 0 Å². The number of hydrogen-bond donors (Lipinski definition) is 2. The van der Waals surface area contributed by atoms with Crippen LogP contribution in [0.2, 0.25) is 0 Å². The Labute approximate surface area is 109 Å². The number of nitro groups is 1. The molecule has 0 aromatic heterocycles. The molecule has 102 valence electrons. The number of piperidine rings is 1. The molecular formula is C12H14N2O5. The summed E-state index contributed by atoms with van der Waals surface area (Å²) < 4.78 is 0. The number of carboxylic acids is 1. The summed E-state index contributed by atoms with van der Waals surface area (Å²) >= 11 is 0. The summed E-state index contributed by atoms with van der Waals surface area (Å²) in [5.74, 6) is -1.21. The van der Waals surface area contributed by atoms with Crippen molar-refractivity contribution in [3.05, 3.63) is 33.9 Å². The zero-order valence-electron chi connectivity index (χ0n) is 10.2. The average molecular weight is 266 g/mol. The SMILES string of the molecule is O=C(O)c1cc([N+](=O)[O-])ccc1N1CCCC(O)C1. The summed E-state index contributed by atoms with van der Waals surface area (Å²) in [6, 6.07) is 3.76. The second kappa shape index (κ2) is 5.23. The van der Waals surface area contributed by atoms with Crippen LogP contribution in [0.3, 0.4) is 0 Å². The van der Waals surface area contributed by atoms with Gasteiger partial charge >= 0.3 is 5.97 Å². The molecule has 1 aromatic rings. The molecule has 7 nitrogen and oxygen atoms in total. The van der Waals surface area contributed by atoms with Gasteiger partial charge in [0.05, 0.1) is 22.3 Å². The number of carboxylic acid groups (broad SMARTS) is 1. The molecule has 19 heavy (non-hydrogen) atoms. The van der Waals surface area contributed by atoms with Gasteiger partial charge in [0.15, 0.2) is 0 Å². The predicted molar refractivity (Wildman–Crippen MR) is 67.5 cm³/mol. The maximum absolute atomic E-state index is 11.2. The van der Waals surface area contributed by atoms with E-state index in [9.17, 15) is 20.0 Å². The van der Waals surface area contributed by atoms with E-state index in [0.717, 1.165) is 12.5 Å². The fourth-order valence-corrected chi connectivity index (χ4v) is 2.26. The quantitative estimate of drug-likeness (QED) is 0.630. The second-order valence-corrected chi connectivity index (χ2v) is 4.51. The van der Waals surface area contributed by atoms with Crippen molar-refractivity contribution in [2.45, 2.75) is 18.9 Å². The average Bonchev–Trinajstić information content (AvgIpc) is 2.37. The van der Waals surface area contributed by atoms with Crippen LogP contribution in [-0.4, -0.2) is 40.3 Å². The molecule has 1 unspecified atom stereocenters. The first kappa shape index (κ1) is 13.3. The lowest BCUT2D eigenvalue weighted by Gasteiger charge is -2.32. The molecule has 2 N–H and O–H groups in total. The highest BCUT2D eigenvalue weighted by Gasteiger charge is 2.24. The van der Waals surface area contributed by atoms with Crippen molar-refractivity contribution >= 4 is 17.3 Å². The predicted octanol–water partition coefficient (Wildman–Crippen LogP) is 1.25. The summed E-state index contributed by atoms with van der Waals surface area (Å²) in [6.45, 7) is 0.979. The molecule has 1 atom stereocenters. The first-order valence-corrected chi connectivity index (χ1v) is 5.94. The Morgan fingerprint density at radius 2 is 2.21 bits per heavy atom. The van der Waals surface area contributed by atoms with Crippen molar-refractivity contribution < 1.29 is 19.9 Å². The zero-order chi connectivity index (χ0) is 14.0. The molecule has 1 saturated heterocycles. The second-order valence-electron chi connectivity index (χ2n) is 4.51. The van der Waals surface area contributed by atoms with Gasteiger partial charge in [0, 0.05) is 25.2 Å². The van der Waals surface area contributed by atoms with Crippen LogP contribution < -0.4 is 4.90 Å². The number of anilines is 1. The Hall–Kier alpha value is -2.15. The van der Waals surface area contributed by atoms with E-state index < -0.39 is 17.0 Å². The third kappa shape index (κ3) is 2.82. The highest BCUT2D eigenvalue weighted by Crippen LogP contribution is 2.28. The van der Waals surface area contributed by atoms with Crippen LogP contribution in [0.5, 0.6) is 0 Å². The molecule has 2 rings (SSSR count). The van der Waals surface area contributed by atoms with E-state index >= 15 is 0 Å². The zero-order valence-corrected chi connectivity index (χ0v) is 10.2. The molecule has 7 heteroatoms. The smallest absolute Gasteiger partial charge is 0.338 e. The monoisotopic (exact) mass is 266 g/mol. The molecule has 0 aliphatic carbocycles. The maximum atomic E-state index is 11.2. The van der Waals surface area contributed by atoms with Gasteiger partial charge in [-0.05, 0) is 18.9 Å². The van der Waals surface area contributed by atoms with E-state index in [4.69, 9.17) is 5.11 Å². The molecule has 0 spiro atoms. The van der Waals surface area contributed by atoms with Crippen LogP contribution in [0.4, 0.5) is 11.4 Å². The van der Waals surface area contributed by atoms with Crippen LogP contribution >= 0.6 is 0 Å². The van der Waals surface area contributed by atoms with E-state index in [1.807, 2.05) is 0 Å². The number of carbonyl (C=O) groups is 1. The van der Waals surface area contributed by atoms with Crippen molar-refractivity contribution in [1.29, 1.82) is 0 Å². The topological polar surface area (TPSA) is 104 Å². The molecule has 1 fully saturated rings. The van der Waals surface area contributed by atoms with E-state index in [1.54, 1.807) is 4.90 Å². The number of aliphatic hydroxyl groups excluding tert-OH is 1. The van der Waals surface area contributed by atoms with Gasteiger partial charge in [-0.2, -0.15) is 0 Å². The molecule has 0 bridgehead atoms. The van der Waals surface area contributed by atoms with Crippen LogP contribution in [0, 0.1) is 10.1 Å². The maximum Gasteiger partial charge on any atom is 0.338 e. The molecule has 0 amide bonds. The first-order chi connectivity index (χ1) is 8.99. The minimum absolute atomic E-state index is 0.108. The van der Waals surface area contributed by atoms with E-state index in [0.29, 0.717) is 25.2 Å². The lowest BCUT2D eigenvalue weighted by atomic mass is 10.0. The van der Waals surface area contributed by atoms with Crippen LogP contribution in [0.1, 0.15) is 23.2 Å². The van der Waals surface area contributed by atoms with Crippen molar-refractivity contribution in [2.75, 3.05) is 18.0 Å². The van der Waals surface area contributed by atoms with Gasteiger partial charge in [-0.15, -0.1) is 0 Å². The van der Waals surface area contributed by atoms with Gasteiger partial charge < -0.3 is 15.1 Å². The van der Waals surface area contributed by atoms with Crippen molar-refractivity contribution in [2.24, 2.45) is 0 Å². The minimum Gasteiger partial charge on any atom is -0.478 e. The Bertz CT molecular complexity index is 517. The summed E-state index contributed by atoms with van der Waals surface area (Å²) in [7, 11) is 0. The van der Waals surface area contributed by atoms with Crippen molar-refractivity contribution in [1.82, 2.24) is 0 Å². The van der Waals surface area contributed by atoms with Gasteiger partial charge in [-0.25, -0.2) is 4.79 Å². The summed E-state index contributed by atoms with van der Waals surface area (Å²) in [5.41, 5.74) is 0.0545. The summed E-state index contributed by atoms with van der Waals surface area (Å²) in [5, 5.41) is 29.4. The first-order valence-electron chi connectivity index (χ1n) is 5.94. The number of nitro benzene ring substituents is 1. The standard InChI is InChI=1S/C12H14N2O5/c15-9-2-1-5-13(7-9)11-4-3-8(14(18)19)6-10(11)12(16)17/h3-4,6,9,15H,1-2,5,7H2,(H,16,17). The third-order valence-electron chi connectivity index (χ3n) is 3.16.